The maximum Gasteiger partial charge on any atom is 0.320 e. The topological polar surface area (TPSA) is 60.9 Å². The van der Waals surface area contributed by atoms with Gasteiger partial charge in [0.1, 0.15) is 0 Å². The molecule has 3 aliphatic rings. The number of piperidine rings is 1. The minimum Gasteiger partial charge on any atom is -0.481 e. The fourth-order valence-electron chi connectivity index (χ4n) is 3.92. The van der Waals surface area contributed by atoms with Crippen LogP contribution < -0.4 is 0 Å². The van der Waals surface area contributed by atoms with Gasteiger partial charge < -0.3 is 14.9 Å². The van der Waals surface area contributed by atoms with Gasteiger partial charge in [0.25, 0.3) is 0 Å². The first-order valence-corrected chi connectivity index (χ1v) is 7.38. The molecule has 3 fully saturated rings. The summed E-state index contributed by atoms with van der Waals surface area (Å²) in [5.74, 6) is -0.380. The lowest BCUT2D eigenvalue weighted by atomic mass is 9.89. The van der Waals surface area contributed by atoms with Gasteiger partial charge in [0.2, 0.25) is 0 Å². The van der Waals surface area contributed by atoms with Gasteiger partial charge in [0.15, 0.2) is 0 Å². The van der Waals surface area contributed by atoms with Crippen molar-refractivity contribution in [1.29, 1.82) is 0 Å². The minimum atomic E-state index is -0.739. The summed E-state index contributed by atoms with van der Waals surface area (Å²) >= 11 is 0. The van der Waals surface area contributed by atoms with Crippen LogP contribution in [-0.2, 0) is 4.79 Å². The third-order valence-electron chi connectivity index (χ3n) is 5.13. The maximum atomic E-state index is 12.6. The second-order valence-corrected chi connectivity index (χ2v) is 6.34. The molecule has 0 aromatic carbocycles. The van der Waals surface area contributed by atoms with Gasteiger partial charge in [-0.1, -0.05) is 6.92 Å². The van der Waals surface area contributed by atoms with Gasteiger partial charge >= 0.3 is 12.0 Å². The lowest BCUT2D eigenvalue weighted by molar-refractivity contribution is -0.142. The van der Waals surface area contributed by atoms with Gasteiger partial charge in [-0.05, 0) is 38.0 Å². The van der Waals surface area contributed by atoms with Crippen LogP contribution in [0.25, 0.3) is 0 Å². The molecular formula is C14H22N2O3. The second-order valence-electron chi connectivity index (χ2n) is 6.34. The zero-order chi connectivity index (χ0) is 13.6. The number of carbonyl (C=O) groups excluding carboxylic acids is 1. The van der Waals surface area contributed by atoms with Gasteiger partial charge in [0.05, 0.1) is 5.92 Å². The molecule has 3 heterocycles. The van der Waals surface area contributed by atoms with E-state index in [0.717, 1.165) is 38.8 Å². The Morgan fingerprint density at radius 3 is 2.37 bits per heavy atom. The lowest BCUT2D eigenvalue weighted by Gasteiger charge is -2.35. The molecule has 3 atom stereocenters. The van der Waals surface area contributed by atoms with E-state index in [0.29, 0.717) is 12.3 Å². The number of rotatable bonds is 1. The zero-order valence-corrected chi connectivity index (χ0v) is 11.4. The Morgan fingerprint density at radius 1 is 1.11 bits per heavy atom. The van der Waals surface area contributed by atoms with E-state index >= 15 is 0 Å². The highest BCUT2D eigenvalue weighted by Crippen LogP contribution is 2.42. The number of carbonyl (C=O) groups is 2. The van der Waals surface area contributed by atoms with E-state index < -0.39 is 5.97 Å². The molecule has 0 aliphatic carbocycles. The first-order valence-electron chi connectivity index (χ1n) is 7.38. The molecule has 3 rings (SSSR count). The SMILES string of the molecule is CC1CCN(C(=O)N2[C@H]3CC[C@H]2[C@H](C(=O)O)C3)CC1. The molecule has 106 valence electrons. The molecule has 0 unspecified atom stereocenters. The van der Waals surface area contributed by atoms with Crippen molar-refractivity contribution in [2.75, 3.05) is 13.1 Å². The van der Waals surface area contributed by atoms with Crippen LogP contribution in [-0.4, -0.2) is 52.1 Å². The number of hydrogen-bond donors (Lipinski definition) is 1. The number of carboxylic acids is 1. The molecule has 0 radical (unpaired) electrons. The monoisotopic (exact) mass is 266 g/mol. The summed E-state index contributed by atoms with van der Waals surface area (Å²) in [5, 5.41) is 9.23. The summed E-state index contributed by atoms with van der Waals surface area (Å²) in [6, 6.07) is 0.190. The lowest BCUT2D eigenvalue weighted by Crippen LogP contribution is -2.49. The Morgan fingerprint density at radius 2 is 1.79 bits per heavy atom. The number of urea groups is 1. The fraction of sp³-hybridized carbons (Fsp3) is 0.857. The average molecular weight is 266 g/mol. The number of aliphatic carboxylic acids is 1. The number of amides is 2. The number of carboxylic acid groups (broad SMARTS) is 1. The fourth-order valence-corrected chi connectivity index (χ4v) is 3.92. The molecule has 0 aromatic heterocycles. The third-order valence-corrected chi connectivity index (χ3v) is 5.13. The normalized spacial score (nSPS) is 34.9. The van der Waals surface area contributed by atoms with Crippen molar-refractivity contribution in [3.05, 3.63) is 0 Å². The van der Waals surface area contributed by atoms with Crippen LogP contribution >= 0.6 is 0 Å². The predicted octanol–water partition coefficient (Wildman–Crippen LogP) is 1.78. The van der Waals surface area contributed by atoms with Crippen LogP contribution in [0, 0.1) is 11.8 Å². The molecule has 0 spiro atoms. The molecule has 5 heteroatoms. The van der Waals surface area contributed by atoms with E-state index in [-0.39, 0.29) is 24.0 Å². The standard InChI is InChI=1S/C14H22N2O3/c1-9-4-6-15(7-5-9)14(19)16-10-2-3-12(16)11(8-10)13(17)18/h9-12H,2-8H2,1H3,(H,17,18)/t10-,11+,12-/m0/s1. The summed E-state index contributed by atoms with van der Waals surface area (Å²) in [6.45, 7) is 3.88. The molecule has 5 nitrogen and oxygen atoms in total. The number of likely N-dealkylation sites (tertiary alicyclic amines) is 1. The smallest absolute Gasteiger partial charge is 0.320 e. The van der Waals surface area contributed by atoms with Crippen LogP contribution in [0.15, 0.2) is 0 Å². The first-order chi connectivity index (χ1) is 9.08. The van der Waals surface area contributed by atoms with Crippen molar-refractivity contribution in [2.24, 2.45) is 11.8 Å². The molecular weight excluding hydrogens is 244 g/mol. The highest BCUT2D eigenvalue weighted by molar-refractivity contribution is 5.79. The molecule has 0 saturated carbocycles. The van der Waals surface area contributed by atoms with Gasteiger partial charge in [-0.15, -0.1) is 0 Å². The second kappa shape index (κ2) is 4.69. The van der Waals surface area contributed by atoms with Crippen molar-refractivity contribution in [3.63, 3.8) is 0 Å². The highest BCUT2D eigenvalue weighted by atomic mass is 16.4. The Hall–Kier alpha value is -1.26. The molecule has 1 N–H and O–H groups in total. The van der Waals surface area contributed by atoms with Crippen LogP contribution in [0.3, 0.4) is 0 Å². The quantitative estimate of drug-likeness (QED) is 0.787. The van der Waals surface area contributed by atoms with E-state index in [1.54, 1.807) is 0 Å². The van der Waals surface area contributed by atoms with Crippen molar-refractivity contribution in [3.8, 4) is 0 Å². The van der Waals surface area contributed by atoms with Crippen LogP contribution in [0.2, 0.25) is 0 Å². The summed E-state index contributed by atoms with van der Waals surface area (Å²) in [7, 11) is 0. The minimum absolute atomic E-state index is 0.0608. The van der Waals surface area contributed by atoms with Crippen LogP contribution in [0.4, 0.5) is 4.79 Å². The molecule has 0 aromatic rings. The van der Waals surface area contributed by atoms with E-state index in [4.69, 9.17) is 0 Å². The first kappa shape index (κ1) is 12.8. The van der Waals surface area contributed by atoms with E-state index in [9.17, 15) is 14.7 Å². The Balaban J connectivity index is 1.69. The van der Waals surface area contributed by atoms with Gasteiger partial charge in [-0.3, -0.25) is 4.79 Å². The van der Waals surface area contributed by atoms with E-state index in [1.165, 1.54) is 0 Å². The largest absolute Gasteiger partial charge is 0.481 e. The predicted molar refractivity (Wildman–Crippen MR) is 69.8 cm³/mol. The summed E-state index contributed by atoms with van der Waals surface area (Å²) < 4.78 is 0. The number of nitrogens with zero attached hydrogens (tertiary/aromatic N) is 2. The van der Waals surface area contributed by atoms with Crippen LogP contribution in [0.1, 0.15) is 39.0 Å². The third kappa shape index (κ3) is 2.09. The summed E-state index contributed by atoms with van der Waals surface area (Å²) in [4.78, 5) is 27.6. The molecule has 3 aliphatic heterocycles. The Kier molecular flexibility index (Phi) is 3.15. The number of hydrogen-bond acceptors (Lipinski definition) is 2. The Labute approximate surface area is 113 Å². The van der Waals surface area contributed by atoms with E-state index in [2.05, 4.69) is 6.92 Å². The maximum absolute atomic E-state index is 12.6. The molecule has 2 amide bonds. The zero-order valence-electron chi connectivity index (χ0n) is 11.4. The number of fused-ring (bicyclic) bond motifs is 2. The van der Waals surface area contributed by atoms with Crippen molar-refractivity contribution in [2.45, 2.75) is 51.1 Å². The highest BCUT2D eigenvalue weighted by Gasteiger charge is 2.52. The summed E-state index contributed by atoms with van der Waals surface area (Å²) in [5.41, 5.74) is 0. The van der Waals surface area contributed by atoms with Gasteiger partial charge in [-0.2, -0.15) is 0 Å². The molecule has 3 saturated heterocycles. The van der Waals surface area contributed by atoms with Gasteiger partial charge in [0, 0.05) is 25.2 Å². The Bertz CT molecular complexity index is 390. The van der Waals surface area contributed by atoms with E-state index in [1.807, 2.05) is 9.80 Å². The van der Waals surface area contributed by atoms with Crippen molar-refractivity contribution in [1.82, 2.24) is 9.80 Å². The van der Waals surface area contributed by atoms with Crippen molar-refractivity contribution < 1.29 is 14.7 Å². The van der Waals surface area contributed by atoms with Crippen molar-refractivity contribution >= 4 is 12.0 Å². The molecule has 19 heavy (non-hydrogen) atoms. The van der Waals surface area contributed by atoms with Gasteiger partial charge in [-0.25, -0.2) is 4.79 Å². The summed E-state index contributed by atoms with van der Waals surface area (Å²) in [6.07, 6.45) is 4.62. The average Bonchev–Trinajstić information content (AvgIpc) is 2.96. The molecule has 2 bridgehead atoms. The van der Waals surface area contributed by atoms with Crippen LogP contribution in [0.5, 0.6) is 0 Å².